The Morgan fingerprint density at radius 3 is 2.29 bits per heavy atom. The summed E-state index contributed by atoms with van der Waals surface area (Å²) in [6.07, 6.45) is 0.383. The molecule has 1 unspecified atom stereocenters. The molecule has 98 valence electrons. The molecular weight excluding hydrogens is 214 g/mol. The quantitative estimate of drug-likeness (QED) is 0.351. The first-order valence-corrected chi connectivity index (χ1v) is 6.43. The molecular formula is C13H26N3O+. The van der Waals surface area contributed by atoms with E-state index in [1.807, 2.05) is 13.8 Å². The van der Waals surface area contributed by atoms with Crippen LogP contribution in [-0.4, -0.2) is 47.6 Å². The number of guanidine groups is 1. The van der Waals surface area contributed by atoms with E-state index < -0.39 is 0 Å². The van der Waals surface area contributed by atoms with Crippen LogP contribution in [0.1, 0.15) is 41.5 Å². The molecule has 0 aromatic carbocycles. The predicted molar refractivity (Wildman–Crippen MR) is 72.1 cm³/mol. The lowest BCUT2D eigenvalue weighted by Crippen LogP contribution is -2.41. The van der Waals surface area contributed by atoms with Crippen LogP contribution in [-0.2, 0) is 4.74 Å². The van der Waals surface area contributed by atoms with Gasteiger partial charge in [-0.3, -0.25) is 9.89 Å². The second-order valence-corrected chi connectivity index (χ2v) is 5.38. The van der Waals surface area contributed by atoms with Gasteiger partial charge in [-0.15, -0.1) is 0 Å². The van der Waals surface area contributed by atoms with Gasteiger partial charge in [0.2, 0.25) is 0 Å². The monoisotopic (exact) mass is 240 g/mol. The summed E-state index contributed by atoms with van der Waals surface area (Å²) in [4.78, 5) is 4.61. The normalized spacial score (nSPS) is 20.4. The van der Waals surface area contributed by atoms with Crippen molar-refractivity contribution in [3.05, 3.63) is 0 Å². The van der Waals surface area contributed by atoms with E-state index in [9.17, 15) is 0 Å². The van der Waals surface area contributed by atoms with E-state index >= 15 is 0 Å². The molecule has 0 bridgehead atoms. The number of epoxide rings is 1. The molecule has 17 heavy (non-hydrogen) atoms. The Labute approximate surface area is 105 Å². The van der Waals surface area contributed by atoms with Crippen LogP contribution >= 0.6 is 0 Å². The molecule has 1 N–H and O–H groups in total. The molecule has 4 heteroatoms. The number of nitrogens with one attached hydrogen (secondary N) is 1. The first-order valence-electron chi connectivity index (χ1n) is 6.43. The molecule has 4 nitrogen and oxygen atoms in total. The number of rotatable bonds is 4. The number of ether oxygens (including phenoxy) is 1. The van der Waals surface area contributed by atoms with Crippen LogP contribution in [0, 0.1) is 0 Å². The smallest absolute Gasteiger partial charge is 0.370 e. The fourth-order valence-electron chi connectivity index (χ4n) is 1.58. The van der Waals surface area contributed by atoms with Crippen LogP contribution in [0.2, 0.25) is 0 Å². The van der Waals surface area contributed by atoms with Crippen molar-refractivity contribution in [1.82, 2.24) is 5.32 Å². The summed E-state index contributed by atoms with van der Waals surface area (Å²) in [7, 11) is 0. The summed E-state index contributed by atoms with van der Waals surface area (Å²) < 4.78 is 7.60. The van der Waals surface area contributed by atoms with Crippen molar-refractivity contribution in [2.24, 2.45) is 4.99 Å². The zero-order chi connectivity index (χ0) is 13.0. The highest BCUT2D eigenvalue weighted by atomic mass is 16.6. The van der Waals surface area contributed by atoms with Crippen molar-refractivity contribution in [1.29, 1.82) is 0 Å². The predicted octanol–water partition coefficient (Wildman–Crippen LogP) is 1.64. The van der Waals surface area contributed by atoms with Gasteiger partial charge in [-0.1, -0.05) is 4.99 Å². The Morgan fingerprint density at radius 2 is 1.94 bits per heavy atom. The largest absolute Gasteiger partial charge is 0.387 e. The lowest BCUT2D eigenvalue weighted by atomic mass is 10.3. The maximum atomic E-state index is 5.32. The third-order valence-corrected chi connectivity index (χ3v) is 2.45. The van der Waals surface area contributed by atoms with Crippen LogP contribution in [0.15, 0.2) is 4.99 Å². The molecule has 0 spiro atoms. The van der Waals surface area contributed by atoms with Gasteiger partial charge < -0.3 is 4.74 Å². The fourth-order valence-corrected chi connectivity index (χ4v) is 1.58. The molecule has 1 saturated heterocycles. The third-order valence-electron chi connectivity index (χ3n) is 2.45. The summed E-state index contributed by atoms with van der Waals surface area (Å²) >= 11 is 0. The number of hydrogen-bond donors (Lipinski definition) is 1. The van der Waals surface area contributed by atoms with Gasteiger partial charge in [0.15, 0.2) is 0 Å². The van der Waals surface area contributed by atoms with E-state index in [-0.39, 0.29) is 0 Å². The number of nitrogens with zero attached hydrogens (tertiary/aromatic N) is 2. The molecule has 1 heterocycles. The molecule has 1 atom stereocenters. The second-order valence-electron chi connectivity index (χ2n) is 5.38. The lowest BCUT2D eigenvalue weighted by molar-refractivity contribution is -0.562. The molecule has 1 rings (SSSR count). The van der Waals surface area contributed by atoms with Gasteiger partial charge in [0.05, 0.1) is 30.9 Å². The van der Waals surface area contributed by atoms with E-state index in [1.54, 1.807) is 0 Å². The SMILES string of the molecule is CC(C)=NC(NC(C)C)=[N+](CC1CO1)C(C)C. The van der Waals surface area contributed by atoms with Crippen molar-refractivity contribution in [2.45, 2.75) is 59.7 Å². The molecule has 0 amide bonds. The summed E-state index contributed by atoms with van der Waals surface area (Å²) in [5.74, 6) is 0.963. The minimum absolute atomic E-state index is 0.383. The molecule has 0 aromatic rings. The maximum absolute atomic E-state index is 5.32. The summed E-state index contributed by atoms with van der Waals surface area (Å²) in [5.41, 5.74) is 1.07. The molecule has 1 aliphatic rings. The topological polar surface area (TPSA) is 39.9 Å². The highest BCUT2D eigenvalue weighted by molar-refractivity contribution is 5.92. The van der Waals surface area contributed by atoms with E-state index in [0.717, 1.165) is 24.8 Å². The molecule has 0 saturated carbocycles. The van der Waals surface area contributed by atoms with Crippen molar-refractivity contribution >= 4 is 11.7 Å². The number of hydrogen-bond acceptors (Lipinski definition) is 1. The maximum Gasteiger partial charge on any atom is 0.387 e. The van der Waals surface area contributed by atoms with E-state index in [1.165, 1.54) is 0 Å². The van der Waals surface area contributed by atoms with E-state index in [0.29, 0.717) is 18.2 Å². The van der Waals surface area contributed by atoms with Gasteiger partial charge in [0, 0.05) is 0 Å². The van der Waals surface area contributed by atoms with Crippen molar-refractivity contribution in [2.75, 3.05) is 13.2 Å². The van der Waals surface area contributed by atoms with Gasteiger partial charge in [-0.2, -0.15) is 0 Å². The minimum Gasteiger partial charge on any atom is -0.370 e. The summed E-state index contributed by atoms with van der Waals surface area (Å²) in [5, 5.41) is 3.43. The van der Waals surface area contributed by atoms with Crippen LogP contribution < -0.4 is 5.32 Å². The van der Waals surface area contributed by atoms with Crippen molar-refractivity contribution in [3.63, 3.8) is 0 Å². The van der Waals surface area contributed by atoms with Crippen molar-refractivity contribution in [3.8, 4) is 0 Å². The first-order chi connectivity index (χ1) is 7.90. The first kappa shape index (κ1) is 14.2. The number of aliphatic imine (C=N–C) groups is 1. The van der Waals surface area contributed by atoms with Crippen LogP contribution in [0.4, 0.5) is 0 Å². The third kappa shape index (κ3) is 5.31. The Morgan fingerprint density at radius 1 is 1.35 bits per heavy atom. The lowest BCUT2D eigenvalue weighted by Gasteiger charge is -2.15. The van der Waals surface area contributed by atoms with Gasteiger partial charge in [0.25, 0.3) is 0 Å². The molecule has 1 fully saturated rings. The Kier molecular flexibility index (Phi) is 5.12. The fraction of sp³-hybridized carbons (Fsp3) is 0.846. The summed E-state index contributed by atoms with van der Waals surface area (Å²) in [6.45, 7) is 14.5. The van der Waals surface area contributed by atoms with Gasteiger partial charge in [-0.25, -0.2) is 0 Å². The van der Waals surface area contributed by atoms with Gasteiger partial charge in [-0.05, 0) is 41.5 Å². The van der Waals surface area contributed by atoms with Gasteiger partial charge in [0.1, 0.15) is 6.10 Å². The standard InChI is InChI=1S/C13H25N3O/c1-9(2)14-13(15-10(3)4)16(11(5)6)7-12-8-17-12/h9,11-12H,7-8H2,1-6H3/p+1. The molecule has 0 radical (unpaired) electrons. The van der Waals surface area contributed by atoms with E-state index in [2.05, 4.69) is 42.6 Å². The average Bonchev–Trinajstić information content (AvgIpc) is 2.94. The van der Waals surface area contributed by atoms with Crippen LogP contribution in [0.3, 0.4) is 0 Å². The second kappa shape index (κ2) is 6.15. The summed E-state index contributed by atoms with van der Waals surface area (Å²) in [6, 6.07) is 0.804. The highest BCUT2D eigenvalue weighted by Crippen LogP contribution is 2.10. The Balaban J connectivity index is 2.94. The van der Waals surface area contributed by atoms with Crippen molar-refractivity contribution < 1.29 is 9.31 Å². The molecule has 0 aromatic heterocycles. The zero-order valence-electron chi connectivity index (χ0n) is 11.9. The highest BCUT2D eigenvalue weighted by Gasteiger charge is 2.29. The average molecular weight is 240 g/mol. The minimum atomic E-state index is 0.383. The Hall–Kier alpha value is -0.900. The zero-order valence-corrected chi connectivity index (χ0v) is 11.9. The van der Waals surface area contributed by atoms with Crippen LogP contribution in [0.5, 0.6) is 0 Å². The van der Waals surface area contributed by atoms with Crippen LogP contribution in [0.25, 0.3) is 0 Å². The van der Waals surface area contributed by atoms with Gasteiger partial charge >= 0.3 is 5.96 Å². The van der Waals surface area contributed by atoms with E-state index in [4.69, 9.17) is 4.74 Å². The molecule has 0 aliphatic carbocycles. The molecule has 1 aliphatic heterocycles. The Bertz CT molecular complexity index is 311.